The predicted molar refractivity (Wildman–Crippen MR) is 130 cm³/mol. The molecule has 0 radical (unpaired) electrons. The number of hydrogen-bond acceptors (Lipinski definition) is 7. The van der Waals surface area contributed by atoms with Crippen molar-refractivity contribution in [1.82, 2.24) is 0 Å². The van der Waals surface area contributed by atoms with Crippen LogP contribution in [0.1, 0.15) is 31.8 Å². The first-order chi connectivity index (χ1) is 16.9. The fourth-order valence-electron chi connectivity index (χ4n) is 6.19. The molecule has 0 saturated carbocycles. The van der Waals surface area contributed by atoms with E-state index < -0.39 is 30.5 Å². The van der Waals surface area contributed by atoms with E-state index in [2.05, 4.69) is 0 Å². The summed E-state index contributed by atoms with van der Waals surface area (Å²) in [7, 11) is -0.927. The fraction of sp³-hybridized carbons (Fsp3) is 0.185. The van der Waals surface area contributed by atoms with Crippen molar-refractivity contribution in [3.8, 4) is 0 Å². The van der Waals surface area contributed by atoms with Crippen molar-refractivity contribution >= 4 is 40.8 Å². The standard InChI is InChI=1S/C27H21O7P/c1-30-35(31-2,32-3)33-26(20-14-6-10-16-8-4-12-18(22(16)20)24(26)28)27(34-35)21-15-7-11-17-9-5-13-19(23(17)21)25(27)29/h4-15H,1-3H3. The van der Waals surface area contributed by atoms with Gasteiger partial charge < -0.3 is 0 Å². The Morgan fingerprint density at radius 3 is 1.34 bits per heavy atom. The Morgan fingerprint density at radius 2 is 0.971 bits per heavy atom. The number of hydrogen-bond donors (Lipinski definition) is 0. The minimum atomic E-state index is -4.92. The van der Waals surface area contributed by atoms with Gasteiger partial charge in [0.1, 0.15) is 0 Å². The van der Waals surface area contributed by atoms with Crippen LogP contribution in [0.15, 0.2) is 72.8 Å². The molecular weight excluding hydrogens is 467 g/mol. The molecular formula is C27H21O7P. The number of benzene rings is 4. The molecule has 8 heteroatoms. The molecule has 176 valence electrons. The molecule has 0 amide bonds. The molecule has 2 unspecified atom stereocenters. The summed E-state index contributed by atoms with van der Waals surface area (Å²) >= 11 is 0. The summed E-state index contributed by atoms with van der Waals surface area (Å²) in [5.74, 6) is -0.805. The Kier molecular flexibility index (Phi) is 3.88. The maximum atomic E-state index is 14.6. The van der Waals surface area contributed by atoms with Crippen LogP contribution in [0, 0.1) is 0 Å². The second kappa shape index (κ2) is 6.39. The van der Waals surface area contributed by atoms with Crippen molar-refractivity contribution in [2.75, 3.05) is 21.3 Å². The second-order valence-corrected chi connectivity index (χ2v) is 11.9. The van der Waals surface area contributed by atoms with E-state index in [9.17, 15) is 9.59 Å². The van der Waals surface area contributed by atoms with Crippen LogP contribution in [-0.4, -0.2) is 32.9 Å². The molecule has 2 atom stereocenters. The van der Waals surface area contributed by atoms with Gasteiger partial charge in [0.15, 0.2) is 0 Å². The van der Waals surface area contributed by atoms with Crippen molar-refractivity contribution in [3.05, 3.63) is 95.1 Å². The quantitative estimate of drug-likeness (QED) is 0.348. The van der Waals surface area contributed by atoms with Crippen molar-refractivity contribution < 1.29 is 32.2 Å². The monoisotopic (exact) mass is 488 g/mol. The average Bonchev–Trinajstić information content (AvgIpc) is 3.44. The molecule has 1 saturated heterocycles. The first kappa shape index (κ1) is 21.3. The van der Waals surface area contributed by atoms with E-state index in [-0.39, 0.29) is 0 Å². The van der Waals surface area contributed by atoms with E-state index in [1.54, 1.807) is 24.3 Å². The van der Waals surface area contributed by atoms with Crippen molar-refractivity contribution in [2.24, 2.45) is 0 Å². The van der Waals surface area contributed by atoms with Crippen LogP contribution in [0.2, 0.25) is 0 Å². The molecule has 4 aromatic carbocycles. The summed E-state index contributed by atoms with van der Waals surface area (Å²) in [6.07, 6.45) is 0. The number of Topliss-reactive ketones (excluding diaryl/α,β-unsaturated/α-hetero) is 2. The first-order valence-corrected chi connectivity index (χ1v) is 13.0. The van der Waals surface area contributed by atoms with Crippen molar-refractivity contribution in [1.29, 1.82) is 0 Å². The Balaban J connectivity index is 1.69. The van der Waals surface area contributed by atoms with E-state index in [1.165, 1.54) is 21.3 Å². The van der Waals surface area contributed by atoms with Crippen molar-refractivity contribution in [3.63, 3.8) is 0 Å². The zero-order valence-electron chi connectivity index (χ0n) is 19.2. The third kappa shape index (κ3) is 2.07. The predicted octanol–water partition coefficient (Wildman–Crippen LogP) is 5.59. The SMILES string of the molecule is COP1(OC)(OC)OC2(C(=O)c3cccc4cccc2c34)C2(O1)C(=O)c1cccc3cccc2c13. The number of rotatable bonds is 3. The number of carbonyl (C=O) groups is 2. The Bertz CT molecular complexity index is 1500. The van der Waals surface area contributed by atoms with E-state index >= 15 is 0 Å². The molecule has 3 aliphatic rings. The molecule has 0 aromatic heterocycles. The molecule has 1 fully saturated rings. The average molecular weight is 488 g/mol. The molecule has 1 aliphatic heterocycles. The number of ketones is 2. The third-order valence-electron chi connectivity index (χ3n) is 7.66. The molecule has 0 N–H and O–H groups in total. The number of carbonyl (C=O) groups excluding carboxylic acids is 2. The van der Waals surface area contributed by atoms with Crippen LogP contribution in [0.25, 0.3) is 21.5 Å². The third-order valence-corrected chi connectivity index (χ3v) is 10.6. The van der Waals surface area contributed by atoms with Crippen LogP contribution >= 0.6 is 7.74 Å². The van der Waals surface area contributed by atoms with Gasteiger partial charge in [-0.15, -0.1) is 0 Å². The fourth-order valence-corrected chi connectivity index (χ4v) is 8.64. The van der Waals surface area contributed by atoms with E-state index in [0.717, 1.165) is 10.8 Å². The van der Waals surface area contributed by atoms with Gasteiger partial charge in [0.25, 0.3) is 0 Å². The maximum absolute atomic E-state index is 14.6. The van der Waals surface area contributed by atoms with Gasteiger partial charge in [0.2, 0.25) is 0 Å². The van der Waals surface area contributed by atoms with Gasteiger partial charge >= 0.3 is 201 Å². The number of fused-ring (bicyclic) bond motifs is 3. The summed E-state index contributed by atoms with van der Waals surface area (Å²) in [5.41, 5.74) is -1.93. The molecule has 2 spiro atoms. The van der Waals surface area contributed by atoms with E-state index in [4.69, 9.17) is 22.6 Å². The van der Waals surface area contributed by atoms with Gasteiger partial charge in [0.05, 0.1) is 0 Å². The second-order valence-electron chi connectivity index (χ2n) is 8.91. The van der Waals surface area contributed by atoms with Gasteiger partial charge in [-0.1, -0.05) is 0 Å². The van der Waals surface area contributed by atoms with E-state index in [0.29, 0.717) is 33.0 Å². The molecule has 35 heavy (non-hydrogen) atoms. The first-order valence-electron chi connectivity index (χ1n) is 11.2. The minimum absolute atomic E-state index is 0.403. The molecule has 4 aromatic rings. The molecule has 2 aliphatic carbocycles. The van der Waals surface area contributed by atoms with Crippen LogP contribution < -0.4 is 0 Å². The van der Waals surface area contributed by atoms with Crippen molar-refractivity contribution in [2.45, 2.75) is 11.2 Å². The van der Waals surface area contributed by atoms with Gasteiger partial charge in [-0.25, -0.2) is 0 Å². The molecule has 7 nitrogen and oxygen atoms in total. The summed E-state index contributed by atoms with van der Waals surface area (Å²) in [6.45, 7) is 0. The van der Waals surface area contributed by atoms with Gasteiger partial charge in [-0.3, -0.25) is 0 Å². The van der Waals surface area contributed by atoms with Crippen LogP contribution in [0.3, 0.4) is 0 Å². The van der Waals surface area contributed by atoms with Gasteiger partial charge in [-0.2, -0.15) is 0 Å². The van der Waals surface area contributed by atoms with Crippen LogP contribution in [0.5, 0.6) is 0 Å². The zero-order chi connectivity index (χ0) is 24.2. The van der Waals surface area contributed by atoms with Crippen LogP contribution in [0.4, 0.5) is 0 Å². The molecule has 7 rings (SSSR count). The summed E-state index contributed by atoms with van der Waals surface area (Å²) in [4.78, 5) is 29.1. The van der Waals surface area contributed by atoms with Gasteiger partial charge in [0, 0.05) is 0 Å². The Labute approximate surface area is 200 Å². The Morgan fingerprint density at radius 1 is 0.600 bits per heavy atom. The molecule has 0 bridgehead atoms. The van der Waals surface area contributed by atoms with Crippen LogP contribution in [-0.2, 0) is 33.8 Å². The zero-order valence-corrected chi connectivity index (χ0v) is 20.1. The topological polar surface area (TPSA) is 80.3 Å². The summed E-state index contributed by atoms with van der Waals surface area (Å²) < 4.78 is 30.7. The van der Waals surface area contributed by atoms with Gasteiger partial charge in [-0.05, 0) is 0 Å². The molecule has 1 heterocycles. The summed E-state index contributed by atoms with van der Waals surface area (Å²) in [6, 6.07) is 22.1. The van der Waals surface area contributed by atoms with E-state index in [1.807, 2.05) is 48.5 Å². The normalized spacial score (nSPS) is 28.4. The Hall–Kier alpha value is -3.03. The summed E-state index contributed by atoms with van der Waals surface area (Å²) in [5, 5.41) is 3.12.